The van der Waals surface area contributed by atoms with Gasteiger partial charge >= 0.3 is 6.03 Å². The molecule has 0 aliphatic carbocycles. The van der Waals surface area contributed by atoms with Crippen molar-refractivity contribution in [2.45, 2.75) is 6.42 Å². The molecule has 0 unspecified atom stereocenters. The quantitative estimate of drug-likeness (QED) is 0.639. The van der Waals surface area contributed by atoms with Gasteiger partial charge in [0, 0.05) is 40.1 Å². The van der Waals surface area contributed by atoms with Crippen LogP contribution >= 0.6 is 23.2 Å². The first-order chi connectivity index (χ1) is 10.9. The Morgan fingerprint density at radius 3 is 2.52 bits per heavy atom. The summed E-state index contributed by atoms with van der Waals surface area (Å²) < 4.78 is 0. The summed E-state index contributed by atoms with van der Waals surface area (Å²) >= 11 is 11.8. The fourth-order valence-electron chi connectivity index (χ4n) is 2.53. The highest BCUT2D eigenvalue weighted by molar-refractivity contribution is 6.35. The first-order valence-corrected chi connectivity index (χ1v) is 7.51. The van der Waals surface area contributed by atoms with Gasteiger partial charge in [0.25, 0.3) is 5.69 Å². The summed E-state index contributed by atoms with van der Waals surface area (Å²) in [5.74, 6) is 0. The van der Waals surface area contributed by atoms with E-state index in [1.54, 1.807) is 24.3 Å². The number of benzene rings is 2. The minimum Gasteiger partial charge on any atom is -0.307 e. The number of carbonyl (C=O) groups is 1. The average Bonchev–Trinajstić information content (AvgIpc) is 2.88. The summed E-state index contributed by atoms with van der Waals surface area (Å²) in [5, 5.41) is 14.4. The van der Waals surface area contributed by atoms with Crippen molar-refractivity contribution < 1.29 is 9.72 Å². The van der Waals surface area contributed by atoms with E-state index >= 15 is 0 Å². The number of nitro groups is 1. The molecule has 2 aromatic rings. The maximum absolute atomic E-state index is 12.4. The number of urea groups is 1. The van der Waals surface area contributed by atoms with Crippen LogP contribution in [0.25, 0.3) is 0 Å². The van der Waals surface area contributed by atoms with E-state index < -0.39 is 4.92 Å². The van der Waals surface area contributed by atoms with Crippen LogP contribution in [0.1, 0.15) is 5.56 Å². The van der Waals surface area contributed by atoms with E-state index in [0.29, 0.717) is 34.4 Å². The molecule has 23 heavy (non-hydrogen) atoms. The number of hydrogen-bond donors (Lipinski definition) is 1. The number of carbonyl (C=O) groups excluding carboxylic acids is 1. The molecule has 0 atom stereocenters. The highest BCUT2D eigenvalue weighted by Crippen LogP contribution is 2.32. The first-order valence-electron chi connectivity index (χ1n) is 6.76. The lowest BCUT2D eigenvalue weighted by atomic mass is 10.1. The number of hydrogen-bond acceptors (Lipinski definition) is 3. The summed E-state index contributed by atoms with van der Waals surface area (Å²) in [6.07, 6.45) is 0.570. The number of nitrogens with zero attached hydrogens (tertiary/aromatic N) is 2. The molecule has 2 aromatic carbocycles. The standard InChI is InChI=1S/C15H11Cl2N3O3/c16-10-6-11(17)8-12(7-10)18-15(21)19-4-3-9-5-13(20(22)23)1-2-14(9)19/h1-2,5-8H,3-4H2,(H,18,21). The predicted molar refractivity (Wildman–Crippen MR) is 89.6 cm³/mol. The Labute approximate surface area is 141 Å². The predicted octanol–water partition coefficient (Wildman–Crippen LogP) is 4.50. The second-order valence-corrected chi connectivity index (χ2v) is 5.93. The van der Waals surface area contributed by atoms with E-state index in [4.69, 9.17) is 23.2 Å². The van der Waals surface area contributed by atoms with Gasteiger partial charge in [-0.2, -0.15) is 0 Å². The Hall–Kier alpha value is -2.31. The summed E-state index contributed by atoms with van der Waals surface area (Å²) in [6.45, 7) is 0.455. The number of amides is 2. The molecule has 0 fully saturated rings. The summed E-state index contributed by atoms with van der Waals surface area (Å²) in [7, 11) is 0. The van der Waals surface area contributed by atoms with Crippen LogP contribution in [0.2, 0.25) is 10.0 Å². The number of rotatable bonds is 2. The fraction of sp³-hybridized carbons (Fsp3) is 0.133. The molecule has 0 aromatic heterocycles. The Morgan fingerprint density at radius 1 is 1.17 bits per heavy atom. The zero-order valence-corrected chi connectivity index (χ0v) is 13.3. The Kier molecular flexibility index (Phi) is 4.11. The molecule has 1 aliphatic rings. The van der Waals surface area contributed by atoms with Crippen LogP contribution in [0.4, 0.5) is 21.9 Å². The van der Waals surface area contributed by atoms with Gasteiger partial charge in [0.05, 0.1) is 4.92 Å². The number of halogens is 2. The lowest BCUT2D eigenvalue weighted by Crippen LogP contribution is -2.33. The van der Waals surface area contributed by atoms with Crippen LogP contribution in [0.5, 0.6) is 0 Å². The molecule has 118 valence electrons. The highest BCUT2D eigenvalue weighted by Gasteiger charge is 2.26. The zero-order chi connectivity index (χ0) is 16.6. The van der Waals surface area contributed by atoms with E-state index in [0.717, 1.165) is 5.56 Å². The third kappa shape index (κ3) is 3.23. The van der Waals surface area contributed by atoms with Crippen molar-refractivity contribution in [3.05, 3.63) is 62.1 Å². The van der Waals surface area contributed by atoms with E-state index in [1.165, 1.54) is 17.0 Å². The number of nitro benzene ring substituents is 1. The van der Waals surface area contributed by atoms with Gasteiger partial charge < -0.3 is 5.32 Å². The molecular formula is C15H11Cl2N3O3. The second-order valence-electron chi connectivity index (χ2n) is 5.06. The molecule has 2 amide bonds. The van der Waals surface area contributed by atoms with Crippen LogP contribution < -0.4 is 10.2 Å². The van der Waals surface area contributed by atoms with Crippen LogP contribution in [-0.4, -0.2) is 17.5 Å². The monoisotopic (exact) mass is 351 g/mol. The fourth-order valence-corrected chi connectivity index (χ4v) is 3.06. The van der Waals surface area contributed by atoms with Crippen molar-refractivity contribution >= 4 is 46.3 Å². The number of anilines is 2. The van der Waals surface area contributed by atoms with Crippen molar-refractivity contribution in [1.82, 2.24) is 0 Å². The third-order valence-corrected chi connectivity index (χ3v) is 3.96. The molecule has 1 aliphatic heterocycles. The van der Waals surface area contributed by atoms with Crippen LogP contribution in [0.15, 0.2) is 36.4 Å². The van der Waals surface area contributed by atoms with Crippen LogP contribution in [-0.2, 0) is 6.42 Å². The largest absolute Gasteiger partial charge is 0.326 e. The van der Waals surface area contributed by atoms with Gasteiger partial charge in [0.1, 0.15) is 0 Å². The molecule has 0 radical (unpaired) electrons. The molecule has 0 spiro atoms. The summed E-state index contributed by atoms with van der Waals surface area (Å²) in [5.41, 5.74) is 1.95. The Bertz CT molecular complexity index is 790. The van der Waals surface area contributed by atoms with Gasteiger partial charge in [-0.3, -0.25) is 15.0 Å². The average molecular weight is 352 g/mol. The molecular weight excluding hydrogens is 341 g/mol. The summed E-state index contributed by atoms with van der Waals surface area (Å²) in [6, 6.07) is 8.90. The minimum absolute atomic E-state index is 0.0210. The Morgan fingerprint density at radius 2 is 1.87 bits per heavy atom. The lowest BCUT2D eigenvalue weighted by Gasteiger charge is -2.18. The van der Waals surface area contributed by atoms with Crippen molar-refractivity contribution in [3.8, 4) is 0 Å². The zero-order valence-electron chi connectivity index (χ0n) is 11.8. The van der Waals surface area contributed by atoms with Gasteiger partial charge in [0.15, 0.2) is 0 Å². The smallest absolute Gasteiger partial charge is 0.307 e. The molecule has 1 N–H and O–H groups in total. The molecule has 1 heterocycles. The highest BCUT2D eigenvalue weighted by atomic mass is 35.5. The molecule has 6 nitrogen and oxygen atoms in total. The maximum Gasteiger partial charge on any atom is 0.326 e. The van der Waals surface area contributed by atoms with Crippen LogP contribution in [0, 0.1) is 10.1 Å². The van der Waals surface area contributed by atoms with Gasteiger partial charge in [-0.1, -0.05) is 23.2 Å². The van der Waals surface area contributed by atoms with Crippen LogP contribution in [0.3, 0.4) is 0 Å². The topological polar surface area (TPSA) is 75.5 Å². The SMILES string of the molecule is O=C(Nc1cc(Cl)cc(Cl)c1)N1CCc2cc([N+](=O)[O-])ccc21. The normalized spacial score (nSPS) is 12.9. The van der Waals surface area contributed by atoms with E-state index in [9.17, 15) is 14.9 Å². The van der Waals surface area contributed by atoms with Gasteiger partial charge in [0.2, 0.25) is 0 Å². The molecule has 0 saturated heterocycles. The van der Waals surface area contributed by atoms with Crippen molar-refractivity contribution in [1.29, 1.82) is 0 Å². The van der Waals surface area contributed by atoms with Crippen molar-refractivity contribution in [3.63, 3.8) is 0 Å². The van der Waals surface area contributed by atoms with Gasteiger partial charge in [-0.25, -0.2) is 4.79 Å². The van der Waals surface area contributed by atoms with Crippen molar-refractivity contribution in [2.75, 3.05) is 16.8 Å². The van der Waals surface area contributed by atoms with E-state index in [2.05, 4.69) is 5.32 Å². The number of nitrogens with one attached hydrogen (secondary N) is 1. The van der Waals surface area contributed by atoms with Gasteiger partial charge in [-0.15, -0.1) is 0 Å². The molecule has 0 saturated carbocycles. The maximum atomic E-state index is 12.4. The van der Waals surface area contributed by atoms with Gasteiger partial charge in [-0.05, 0) is 36.2 Å². The molecule has 8 heteroatoms. The molecule has 3 rings (SSSR count). The third-order valence-electron chi connectivity index (χ3n) is 3.53. The second kappa shape index (κ2) is 6.06. The first kappa shape index (κ1) is 15.6. The molecule has 0 bridgehead atoms. The summed E-state index contributed by atoms with van der Waals surface area (Å²) in [4.78, 5) is 24.3. The van der Waals surface area contributed by atoms with Crippen molar-refractivity contribution in [2.24, 2.45) is 0 Å². The number of non-ortho nitro benzene ring substituents is 1. The van der Waals surface area contributed by atoms with E-state index in [1.807, 2.05) is 0 Å². The van der Waals surface area contributed by atoms with E-state index in [-0.39, 0.29) is 11.7 Å². The number of fused-ring (bicyclic) bond motifs is 1. The minimum atomic E-state index is -0.447. The Balaban J connectivity index is 1.82. The lowest BCUT2D eigenvalue weighted by molar-refractivity contribution is -0.384.